The van der Waals surface area contributed by atoms with Gasteiger partial charge in [-0.05, 0) is 19.4 Å². The van der Waals surface area contributed by atoms with Crippen molar-refractivity contribution in [3.05, 3.63) is 12.2 Å². The van der Waals surface area contributed by atoms with E-state index >= 15 is 0 Å². The van der Waals surface area contributed by atoms with Crippen molar-refractivity contribution in [3.63, 3.8) is 0 Å². The molecule has 10 heavy (non-hydrogen) atoms. The van der Waals surface area contributed by atoms with E-state index in [1.165, 1.54) is 12.5 Å². The van der Waals surface area contributed by atoms with Crippen LogP contribution in [-0.2, 0) is 4.79 Å². The first kappa shape index (κ1) is 7.28. The first-order valence-electron chi connectivity index (χ1n) is 3.50. The second kappa shape index (κ2) is 3.37. The summed E-state index contributed by atoms with van der Waals surface area (Å²) in [6.07, 6.45) is 5.55. The first-order valence-corrected chi connectivity index (χ1v) is 3.50. The Hall–Kier alpha value is -0.830. The standard InChI is InChI=1S/C7H12N2O/c8-7(10)4-3-6-2-1-5-9-6/h3-4,6,9H,1-2,5H2,(H2,8,10)/b4-3+. The SMILES string of the molecule is NC(=O)/C=C/C1CCCN1. The van der Waals surface area contributed by atoms with Crippen LogP contribution in [0.15, 0.2) is 12.2 Å². The minimum atomic E-state index is -0.367. The van der Waals surface area contributed by atoms with Gasteiger partial charge in [0.05, 0.1) is 0 Å². The molecule has 1 aliphatic rings. The molecule has 1 rings (SSSR count). The maximum absolute atomic E-state index is 10.3. The fraction of sp³-hybridized carbons (Fsp3) is 0.571. The van der Waals surface area contributed by atoms with E-state index in [4.69, 9.17) is 5.73 Å². The summed E-state index contributed by atoms with van der Waals surface area (Å²) in [5, 5.41) is 3.22. The van der Waals surface area contributed by atoms with Gasteiger partial charge in [0, 0.05) is 12.1 Å². The Morgan fingerprint density at radius 3 is 3.00 bits per heavy atom. The zero-order valence-electron chi connectivity index (χ0n) is 5.84. The zero-order valence-corrected chi connectivity index (χ0v) is 5.84. The third-order valence-electron chi connectivity index (χ3n) is 1.59. The van der Waals surface area contributed by atoms with Crippen molar-refractivity contribution in [1.82, 2.24) is 5.32 Å². The molecule has 1 aliphatic heterocycles. The molecule has 0 radical (unpaired) electrons. The van der Waals surface area contributed by atoms with Gasteiger partial charge in [-0.3, -0.25) is 4.79 Å². The largest absolute Gasteiger partial charge is 0.366 e. The van der Waals surface area contributed by atoms with Crippen LogP contribution in [0.25, 0.3) is 0 Å². The molecule has 1 amide bonds. The van der Waals surface area contributed by atoms with Gasteiger partial charge in [-0.25, -0.2) is 0 Å². The van der Waals surface area contributed by atoms with Crippen LogP contribution in [0.2, 0.25) is 0 Å². The van der Waals surface area contributed by atoms with Crippen molar-refractivity contribution in [2.75, 3.05) is 6.54 Å². The summed E-state index contributed by atoms with van der Waals surface area (Å²) >= 11 is 0. The van der Waals surface area contributed by atoms with Gasteiger partial charge in [0.1, 0.15) is 0 Å². The van der Waals surface area contributed by atoms with Crippen molar-refractivity contribution in [2.24, 2.45) is 5.73 Å². The number of carbonyl (C=O) groups is 1. The highest BCUT2D eigenvalue weighted by atomic mass is 16.1. The van der Waals surface area contributed by atoms with E-state index in [0.29, 0.717) is 6.04 Å². The molecule has 0 aliphatic carbocycles. The first-order chi connectivity index (χ1) is 4.79. The number of nitrogens with two attached hydrogens (primary N) is 1. The van der Waals surface area contributed by atoms with Gasteiger partial charge in [0.15, 0.2) is 0 Å². The van der Waals surface area contributed by atoms with Gasteiger partial charge in [0.2, 0.25) is 5.91 Å². The van der Waals surface area contributed by atoms with Crippen LogP contribution < -0.4 is 11.1 Å². The number of hydrogen-bond acceptors (Lipinski definition) is 2. The highest BCUT2D eigenvalue weighted by molar-refractivity contribution is 5.85. The average molecular weight is 140 g/mol. The Labute approximate surface area is 60.3 Å². The summed E-state index contributed by atoms with van der Waals surface area (Å²) in [5.41, 5.74) is 4.92. The smallest absolute Gasteiger partial charge is 0.241 e. The quantitative estimate of drug-likeness (QED) is 0.521. The molecule has 0 spiro atoms. The molecule has 1 fully saturated rings. The summed E-state index contributed by atoms with van der Waals surface area (Å²) in [6, 6.07) is 0.368. The van der Waals surface area contributed by atoms with E-state index in [9.17, 15) is 4.79 Å². The molecule has 1 saturated heterocycles. The maximum Gasteiger partial charge on any atom is 0.241 e. The van der Waals surface area contributed by atoms with Crippen molar-refractivity contribution in [1.29, 1.82) is 0 Å². The highest BCUT2D eigenvalue weighted by Crippen LogP contribution is 2.04. The molecule has 0 bridgehead atoms. The van der Waals surface area contributed by atoms with Crippen molar-refractivity contribution < 1.29 is 4.79 Å². The van der Waals surface area contributed by atoms with Crippen molar-refractivity contribution in [3.8, 4) is 0 Å². The topological polar surface area (TPSA) is 55.1 Å². The summed E-state index contributed by atoms with van der Waals surface area (Å²) in [5.74, 6) is -0.367. The normalized spacial score (nSPS) is 25.8. The van der Waals surface area contributed by atoms with Gasteiger partial charge in [0.25, 0.3) is 0 Å². The highest BCUT2D eigenvalue weighted by Gasteiger charge is 2.09. The number of hydrogen-bond donors (Lipinski definition) is 2. The lowest BCUT2D eigenvalue weighted by molar-refractivity contribution is -0.113. The maximum atomic E-state index is 10.3. The predicted molar refractivity (Wildman–Crippen MR) is 39.4 cm³/mol. The fourth-order valence-electron chi connectivity index (χ4n) is 1.09. The minimum absolute atomic E-state index is 0.367. The summed E-state index contributed by atoms with van der Waals surface area (Å²) in [6.45, 7) is 1.05. The molecule has 56 valence electrons. The van der Waals surface area contributed by atoms with Crippen LogP contribution in [0.5, 0.6) is 0 Å². The van der Waals surface area contributed by atoms with Gasteiger partial charge in [-0.15, -0.1) is 0 Å². The van der Waals surface area contributed by atoms with Gasteiger partial charge < -0.3 is 11.1 Å². The molecular weight excluding hydrogens is 128 g/mol. The monoisotopic (exact) mass is 140 g/mol. The third-order valence-corrected chi connectivity index (χ3v) is 1.59. The summed E-state index contributed by atoms with van der Waals surface area (Å²) in [7, 11) is 0. The van der Waals surface area contributed by atoms with Crippen molar-refractivity contribution in [2.45, 2.75) is 18.9 Å². The van der Waals surface area contributed by atoms with E-state index < -0.39 is 0 Å². The molecular formula is C7H12N2O. The van der Waals surface area contributed by atoms with Gasteiger partial charge in [-0.1, -0.05) is 6.08 Å². The second-order valence-electron chi connectivity index (χ2n) is 2.46. The zero-order chi connectivity index (χ0) is 7.40. The molecule has 1 heterocycles. The summed E-state index contributed by atoms with van der Waals surface area (Å²) in [4.78, 5) is 10.3. The van der Waals surface area contributed by atoms with E-state index in [-0.39, 0.29) is 5.91 Å². The van der Waals surface area contributed by atoms with Gasteiger partial charge in [-0.2, -0.15) is 0 Å². The molecule has 0 saturated carbocycles. The Morgan fingerprint density at radius 1 is 1.70 bits per heavy atom. The van der Waals surface area contributed by atoms with Crippen LogP contribution in [0.4, 0.5) is 0 Å². The van der Waals surface area contributed by atoms with Crippen molar-refractivity contribution >= 4 is 5.91 Å². The van der Waals surface area contributed by atoms with E-state index in [2.05, 4.69) is 5.32 Å². The average Bonchev–Trinajstić information content (AvgIpc) is 2.34. The molecule has 0 aromatic carbocycles. The number of rotatable bonds is 2. The minimum Gasteiger partial charge on any atom is -0.366 e. The Balaban J connectivity index is 2.29. The van der Waals surface area contributed by atoms with Crippen LogP contribution in [0.3, 0.4) is 0 Å². The van der Waals surface area contributed by atoms with E-state index in [1.807, 2.05) is 6.08 Å². The van der Waals surface area contributed by atoms with Gasteiger partial charge >= 0.3 is 0 Å². The Morgan fingerprint density at radius 2 is 2.50 bits per heavy atom. The molecule has 1 unspecified atom stereocenters. The Kier molecular flexibility index (Phi) is 2.45. The Bertz CT molecular complexity index is 148. The summed E-state index contributed by atoms with van der Waals surface area (Å²) < 4.78 is 0. The second-order valence-corrected chi connectivity index (χ2v) is 2.46. The fourth-order valence-corrected chi connectivity index (χ4v) is 1.09. The number of amides is 1. The van der Waals surface area contributed by atoms with Crippen LogP contribution in [0.1, 0.15) is 12.8 Å². The lowest BCUT2D eigenvalue weighted by Gasteiger charge is -1.99. The molecule has 3 nitrogen and oxygen atoms in total. The lowest BCUT2D eigenvalue weighted by Crippen LogP contribution is -2.19. The molecule has 3 heteroatoms. The van der Waals surface area contributed by atoms with E-state index in [0.717, 1.165) is 13.0 Å². The third kappa shape index (κ3) is 2.19. The van der Waals surface area contributed by atoms with E-state index in [1.54, 1.807) is 0 Å². The van der Waals surface area contributed by atoms with Crippen LogP contribution in [-0.4, -0.2) is 18.5 Å². The number of carbonyl (C=O) groups excluding carboxylic acids is 1. The predicted octanol–water partition coefficient (Wildman–Crippen LogP) is -0.220. The molecule has 0 aromatic heterocycles. The molecule has 3 N–H and O–H groups in total. The molecule has 1 atom stereocenters. The number of nitrogens with one attached hydrogen (secondary N) is 1. The number of primary amides is 1. The lowest BCUT2D eigenvalue weighted by atomic mass is 10.2. The van der Waals surface area contributed by atoms with Crippen LogP contribution >= 0.6 is 0 Å². The molecule has 0 aromatic rings. The van der Waals surface area contributed by atoms with Crippen LogP contribution in [0, 0.1) is 0 Å².